The highest BCUT2D eigenvalue weighted by Gasteiger charge is 2.09. The summed E-state index contributed by atoms with van der Waals surface area (Å²) in [7, 11) is 0. The first kappa shape index (κ1) is 21.2. The number of benzene rings is 4. The van der Waals surface area contributed by atoms with Crippen LogP contribution in [0.4, 0.5) is 5.69 Å². The van der Waals surface area contributed by atoms with Gasteiger partial charge in [0.1, 0.15) is 0 Å². The molecule has 0 N–H and O–H groups in total. The van der Waals surface area contributed by atoms with Crippen molar-refractivity contribution < 1.29 is 0 Å². The quantitative estimate of drug-likeness (QED) is 0.259. The highest BCUT2D eigenvalue weighted by Crippen LogP contribution is 2.23. The van der Waals surface area contributed by atoms with Crippen LogP contribution in [0.3, 0.4) is 0 Å². The van der Waals surface area contributed by atoms with Crippen LogP contribution in [0.2, 0.25) is 10.0 Å². The summed E-state index contributed by atoms with van der Waals surface area (Å²) in [6, 6.07) is 35.1. The molecule has 0 fully saturated rings. The van der Waals surface area contributed by atoms with Gasteiger partial charge in [0, 0.05) is 28.8 Å². The Bertz CT molecular complexity index is 1070. The molecule has 0 aromatic heterocycles. The minimum atomic E-state index is 0.752. The number of nitrogens with zero attached hydrogens (tertiary/aromatic N) is 1. The van der Waals surface area contributed by atoms with E-state index in [2.05, 4.69) is 77.7 Å². The van der Waals surface area contributed by atoms with Crippen molar-refractivity contribution in [1.29, 1.82) is 0 Å². The fraction of sp³-hybridized carbons (Fsp3) is 0.0714. The van der Waals surface area contributed by atoms with E-state index in [0.717, 1.165) is 23.1 Å². The lowest BCUT2D eigenvalue weighted by atomic mass is 10.1. The Labute approximate surface area is 194 Å². The summed E-state index contributed by atoms with van der Waals surface area (Å²) in [5, 5.41) is 1.50. The predicted molar refractivity (Wildman–Crippen MR) is 135 cm³/mol. The first-order valence-electron chi connectivity index (χ1n) is 10.2. The molecule has 3 heteroatoms. The largest absolute Gasteiger partial charge is 0.363 e. The van der Waals surface area contributed by atoms with Crippen LogP contribution < -0.4 is 4.90 Å². The Morgan fingerprint density at radius 3 is 1.45 bits per heavy atom. The Morgan fingerprint density at radius 2 is 0.968 bits per heavy atom. The molecule has 4 aromatic carbocycles. The van der Waals surface area contributed by atoms with Crippen LogP contribution in [0.1, 0.15) is 22.3 Å². The van der Waals surface area contributed by atoms with Crippen molar-refractivity contribution in [2.24, 2.45) is 0 Å². The summed E-state index contributed by atoms with van der Waals surface area (Å²) in [4.78, 5) is 2.36. The summed E-state index contributed by atoms with van der Waals surface area (Å²) >= 11 is 12.1. The number of halogens is 2. The first-order valence-corrected chi connectivity index (χ1v) is 11.0. The van der Waals surface area contributed by atoms with Gasteiger partial charge < -0.3 is 4.90 Å². The van der Waals surface area contributed by atoms with E-state index in [1.807, 2.05) is 42.5 Å². The molecule has 0 aliphatic carbocycles. The molecule has 0 atom stereocenters. The van der Waals surface area contributed by atoms with Gasteiger partial charge in [-0.2, -0.15) is 0 Å². The minimum Gasteiger partial charge on any atom is -0.363 e. The SMILES string of the molecule is Clc1ccc(CN(Cc2ccc(Cl)cc2)c2ccc(/C=C/c3ccccc3)cc2)cc1. The molecule has 0 aliphatic heterocycles. The highest BCUT2D eigenvalue weighted by atomic mass is 35.5. The van der Waals surface area contributed by atoms with Gasteiger partial charge in [0.2, 0.25) is 0 Å². The van der Waals surface area contributed by atoms with Crippen LogP contribution in [0.5, 0.6) is 0 Å². The number of hydrogen-bond acceptors (Lipinski definition) is 1. The Hall–Kier alpha value is -3.00. The van der Waals surface area contributed by atoms with Crippen LogP contribution in [-0.2, 0) is 13.1 Å². The molecule has 0 saturated heterocycles. The van der Waals surface area contributed by atoms with Crippen LogP contribution in [0.15, 0.2) is 103 Å². The van der Waals surface area contributed by atoms with E-state index in [9.17, 15) is 0 Å². The zero-order valence-electron chi connectivity index (χ0n) is 17.1. The van der Waals surface area contributed by atoms with E-state index in [1.165, 1.54) is 27.9 Å². The molecule has 4 rings (SSSR count). The molecule has 0 heterocycles. The van der Waals surface area contributed by atoms with Crippen LogP contribution in [0, 0.1) is 0 Å². The van der Waals surface area contributed by atoms with Gasteiger partial charge in [-0.15, -0.1) is 0 Å². The first-order chi connectivity index (χ1) is 15.2. The van der Waals surface area contributed by atoms with E-state index < -0.39 is 0 Å². The average molecular weight is 444 g/mol. The lowest BCUT2D eigenvalue weighted by Gasteiger charge is -2.25. The summed E-state index contributed by atoms with van der Waals surface area (Å²) in [5.74, 6) is 0. The normalized spacial score (nSPS) is 11.0. The van der Waals surface area contributed by atoms with E-state index >= 15 is 0 Å². The van der Waals surface area contributed by atoms with Crippen LogP contribution >= 0.6 is 23.2 Å². The van der Waals surface area contributed by atoms with Gasteiger partial charge in [-0.3, -0.25) is 0 Å². The molecular formula is C28H23Cl2N. The number of anilines is 1. The summed E-state index contributed by atoms with van der Waals surface area (Å²) in [5.41, 5.74) is 5.96. The molecular weight excluding hydrogens is 421 g/mol. The zero-order chi connectivity index (χ0) is 21.5. The van der Waals surface area contributed by atoms with Gasteiger partial charge in [0.15, 0.2) is 0 Å². The van der Waals surface area contributed by atoms with E-state index in [0.29, 0.717) is 0 Å². The lowest BCUT2D eigenvalue weighted by molar-refractivity contribution is 0.800. The number of rotatable bonds is 7. The maximum absolute atomic E-state index is 6.07. The third-order valence-corrected chi connectivity index (χ3v) is 5.60. The molecule has 0 saturated carbocycles. The zero-order valence-corrected chi connectivity index (χ0v) is 18.6. The summed E-state index contributed by atoms with van der Waals surface area (Å²) < 4.78 is 0. The molecule has 0 spiro atoms. The van der Waals surface area contributed by atoms with Gasteiger partial charge in [-0.1, -0.05) is 102 Å². The predicted octanol–water partition coefficient (Wildman–Crippen LogP) is 8.37. The second-order valence-corrected chi connectivity index (χ2v) is 8.32. The fourth-order valence-electron chi connectivity index (χ4n) is 3.41. The van der Waals surface area contributed by atoms with E-state index in [1.54, 1.807) is 0 Å². The smallest absolute Gasteiger partial charge is 0.0433 e. The van der Waals surface area contributed by atoms with Crippen molar-refractivity contribution in [2.75, 3.05) is 4.90 Å². The summed E-state index contributed by atoms with van der Waals surface area (Å²) in [6.45, 7) is 1.58. The second-order valence-electron chi connectivity index (χ2n) is 7.44. The highest BCUT2D eigenvalue weighted by molar-refractivity contribution is 6.30. The van der Waals surface area contributed by atoms with Gasteiger partial charge in [0.25, 0.3) is 0 Å². The van der Waals surface area contributed by atoms with Gasteiger partial charge in [-0.25, -0.2) is 0 Å². The van der Waals surface area contributed by atoms with Crippen LogP contribution in [-0.4, -0.2) is 0 Å². The molecule has 0 radical (unpaired) electrons. The van der Waals surface area contributed by atoms with Gasteiger partial charge >= 0.3 is 0 Å². The Balaban J connectivity index is 1.55. The van der Waals surface area contributed by atoms with Crippen molar-refractivity contribution in [3.63, 3.8) is 0 Å². The Kier molecular flexibility index (Phi) is 7.09. The molecule has 0 aliphatic rings. The summed E-state index contributed by atoms with van der Waals surface area (Å²) in [6.07, 6.45) is 4.27. The maximum atomic E-state index is 6.07. The van der Waals surface area contributed by atoms with Crippen LogP contribution in [0.25, 0.3) is 12.2 Å². The lowest BCUT2D eigenvalue weighted by Crippen LogP contribution is -2.22. The number of hydrogen-bond donors (Lipinski definition) is 0. The molecule has 31 heavy (non-hydrogen) atoms. The maximum Gasteiger partial charge on any atom is 0.0433 e. The minimum absolute atomic E-state index is 0.752. The van der Waals surface area contributed by atoms with Gasteiger partial charge in [0.05, 0.1) is 0 Å². The molecule has 0 unspecified atom stereocenters. The molecule has 154 valence electrons. The van der Waals surface area contributed by atoms with Crippen molar-refractivity contribution in [1.82, 2.24) is 0 Å². The van der Waals surface area contributed by atoms with E-state index in [-0.39, 0.29) is 0 Å². The fourth-order valence-corrected chi connectivity index (χ4v) is 3.66. The van der Waals surface area contributed by atoms with Gasteiger partial charge in [-0.05, 0) is 58.7 Å². The molecule has 1 nitrogen and oxygen atoms in total. The monoisotopic (exact) mass is 443 g/mol. The molecule has 4 aromatic rings. The third kappa shape index (κ3) is 6.24. The standard InChI is InChI=1S/C28H23Cl2N/c29-26-14-8-24(9-15-26)20-31(21-25-10-16-27(30)17-11-25)28-18-12-23(13-19-28)7-6-22-4-2-1-3-5-22/h1-19H,20-21H2/b7-6+. The topological polar surface area (TPSA) is 3.24 Å². The van der Waals surface area contributed by atoms with E-state index in [4.69, 9.17) is 23.2 Å². The third-order valence-electron chi connectivity index (χ3n) is 5.10. The molecule has 0 amide bonds. The van der Waals surface area contributed by atoms with Crippen molar-refractivity contribution in [3.05, 3.63) is 135 Å². The van der Waals surface area contributed by atoms with Crippen molar-refractivity contribution >= 4 is 41.0 Å². The van der Waals surface area contributed by atoms with Crippen molar-refractivity contribution in [2.45, 2.75) is 13.1 Å². The average Bonchev–Trinajstić information content (AvgIpc) is 2.81. The Morgan fingerprint density at radius 1 is 0.516 bits per heavy atom. The second kappa shape index (κ2) is 10.3. The van der Waals surface area contributed by atoms with Crippen molar-refractivity contribution in [3.8, 4) is 0 Å². The molecule has 0 bridgehead atoms.